The van der Waals surface area contributed by atoms with Gasteiger partial charge in [-0.05, 0) is 54.9 Å². The number of hydrogen-bond donors (Lipinski definition) is 1. The van der Waals surface area contributed by atoms with Gasteiger partial charge in [-0.1, -0.05) is 41.4 Å². The summed E-state index contributed by atoms with van der Waals surface area (Å²) in [6.45, 7) is 6.79. The molecule has 0 spiro atoms. The Hall–Kier alpha value is -0.960. The molecule has 0 aromatic heterocycles. The maximum Gasteiger partial charge on any atom is 0.119 e. The highest BCUT2D eigenvalue weighted by Crippen LogP contribution is 2.46. The fourth-order valence-corrected chi connectivity index (χ4v) is 3.54. The molecule has 0 saturated carbocycles. The fraction of sp³-hybridized carbons (Fsp3) is 0.529. The van der Waals surface area contributed by atoms with Crippen LogP contribution in [0.2, 0.25) is 0 Å². The summed E-state index contributed by atoms with van der Waals surface area (Å²) in [5, 5.41) is 10.1. The topological polar surface area (TPSA) is 29.5 Å². The van der Waals surface area contributed by atoms with Crippen LogP contribution < -0.4 is 4.74 Å². The molecule has 2 rings (SSSR count). The number of aromatic hydroxyl groups is 1. The van der Waals surface area contributed by atoms with Gasteiger partial charge in [0.25, 0.3) is 0 Å². The lowest BCUT2D eigenvalue weighted by Gasteiger charge is -2.42. The van der Waals surface area contributed by atoms with Crippen molar-refractivity contribution < 1.29 is 9.84 Å². The van der Waals surface area contributed by atoms with Crippen molar-refractivity contribution in [3.05, 3.63) is 35.4 Å². The Labute approximate surface area is 130 Å². The van der Waals surface area contributed by atoms with Crippen molar-refractivity contribution in [2.24, 2.45) is 11.3 Å². The first kappa shape index (κ1) is 15.4. The predicted molar refractivity (Wildman–Crippen MR) is 86.7 cm³/mol. The summed E-state index contributed by atoms with van der Waals surface area (Å²) < 4.78 is 5.26. The second kappa shape index (κ2) is 5.80. The van der Waals surface area contributed by atoms with Crippen LogP contribution >= 0.6 is 15.9 Å². The van der Waals surface area contributed by atoms with Crippen LogP contribution in [0.15, 0.2) is 29.8 Å². The Morgan fingerprint density at radius 3 is 2.75 bits per heavy atom. The van der Waals surface area contributed by atoms with Crippen LogP contribution in [0.5, 0.6) is 11.5 Å². The van der Waals surface area contributed by atoms with E-state index in [-0.39, 0.29) is 5.41 Å². The highest BCUT2D eigenvalue weighted by molar-refractivity contribution is 9.09. The lowest BCUT2D eigenvalue weighted by Crippen LogP contribution is -2.37. The molecule has 20 heavy (non-hydrogen) atoms. The molecule has 3 heteroatoms. The first-order chi connectivity index (χ1) is 9.36. The van der Waals surface area contributed by atoms with Gasteiger partial charge in [0, 0.05) is 4.83 Å². The Kier molecular flexibility index (Phi) is 4.48. The van der Waals surface area contributed by atoms with Crippen LogP contribution in [-0.4, -0.2) is 17.0 Å². The molecule has 1 aromatic rings. The van der Waals surface area contributed by atoms with E-state index in [1.165, 1.54) is 5.57 Å². The van der Waals surface area contributed by atoms with Crippen LogP contribution in [-0.2, 0) is 6.42 Å². The summed E-state index contributed by atoms with van der Waals surface area (Å²) >= 11 is 3.81. The minimum absolute atomic E-state index is 0.161. The molecular formula is C17H23BrO2. The van der Waals surface area contributed by atoms with Crippen LogP contribution in [0.1, 0.15) is 32.8 Å². The van der Waals surface area contributed by atoms with E-state index in [1.54, 1.807) is 19.2 Å². The van der Waals surface area contributed by atoms with E-state index >= 15 is 0 Å². The maximum absolute atomic E-state index is 10.1. The second-order valence-corrected chi connectivity index (χ2v) is 7.33. The Morgan fingerprint density at radius 1 is 1.40 bits per heavy atom. The molecule has 0 fully saturated rings. The molecule has 0 saturated heterocycles. The molecule has 1 N–H and O–H groups in total. The Morgan fingerprint density at radius 2 is 2.10 bits per heavy atom. The number of phenols is 1. The molecule has 1 aliphatic rings. The Balaban J connectivity index is 2.32. The summed E-state index contributed by atoms with van der Waals surface area (Å²) in [6.07, 6.45) is 4.21. The van der Waals surface area contributed by atoms with Gasteiger partial charge in [0.1, 0.15) is 11.5 Å². The zero-order valence-corrected chi connectivity index (χ0v) is 14.2. The van der Waals surface area contributed by atoms with Crippen molar-refractivity contribution in [1.29, 1.82) is 0 Å². The van der Waals surface area contributed by atoms with Crippen molar-refractivity contribution in [2.45, 2.75) is 38.4 Å². The highest BCUT2D eigenvalue weighted by Gasteiger charge is 2.39. The summed E-state index contributed by atoms with van der Waals surface area (Å²) in [7, 11) is 1.65. The minimum Gasteiger partial charge on any atom is -0.508 e. The first-order valence-electron chi connectivity index (χ1n) is 7.03. The smallest absolute Gasteiger partial charge is 0.119 e. The van der Waals surface area contributed by atoms with E-state index in [4.69, 9.17) is 4.74 Å². The number of alkyl halides is 1. The van der Waals surface area contributed by atoms with Gasteiger partial charge in [0.2, 0.25) is 0 Å². The number of rotatable bonds is 3. The van der Waals surface area contributed by atoms with E-state index in [0.717, 1.165) is 24.2 Å². The molecule has 0 radical (unpaired) electrons. The lowest BCUT2D eigenvalue weighted by molar-refractivity contribution is 0.225. The third kappa shape index (κ3) is 2.88. The standard InChI is InChI=1S/C17H23BrO2/c1-11-5-8-16(18)17(2,3)14(11)10-12-9-13(20-4)6-7-15(12)19/h5-7,9,14,16,19H,8,10H2,1-4H3/t14-,16+/m0/s1. The average Bonchev–Trinajstić information content (AvgIpc) is 2.41. The average molecular weight is 339 g/mol. The molecule has 0 unspecified atom stereocenters. The van der Waals surface area contributed by atoms with Gasteiger partial charge in [-0.3, -0.25) is 0 Å². The normalized spacial score (nSPS) is 25.1. The molecule has 2 atom stereocenters. The molecule has 110 valence electrons. The van der Waals surface area contributed by atoms with Crippen LogP contribution in [0.3, 0.4) is 0 Å². The van der Waals surface area contributed by atoms with E-state index in [1.807, 2.05) is 6.07 Å². The quantitative estimate of drug-likeness (QED) is 0.639. The van der Waals surface area contributed by atoms with E-state index in [2.05, 4.69) is 42.8 Å². The summed E-state index contributed by atoms with van der Waals surface area (Å²) in [4.78, 5) is 0.469. The van der Waals surface area contributed by atoms with Gasteiger partial charge in [0.05, 0.1) is 7.11 Å². The van der Waals surface area contributed by atoms with E-state index in [0.29, 0.717) is 16.5 Å². The number of phenolic OH excluding ortho intramolecular Hbond substituents is 1. The van der Waals surface area contributed by atoms with Crippen LogP contribution in [0.25, 0.3) is 0 Å². The largest absolute Gasteiger partial charge is 0.508 e. The van der Waals surface area contributed by atoms with E-state index < -0.39 is 0 Å². The van der Waals surface area contributed by atoms with Gasteiger partial charge < -0.3 is 9.84 Å². The van der Waals surface area contributed by atoms with Crippen LogP contribution in [0, 0.1) is 11.3 Å². The number of benzene rings is 1. The van der Waals surface area contributed by atoms with Gasteiger partial charge in [-0.2, -0.15) is 0 Å². The Bertz CT molecular complexity index is 520. The SMILES string of the molecule is COc1ccc(O)c(C[C@H]2C(C)=CC[C@@H](Br)C2(C)C)c1. The summed E-state index contributed by atoms with van der Waals surface area (Å²) in [5.41, 5.74) is 2.53. The number of halogens is 1. The number of ether oxygens (including phenoxy) is 1. The van der Waals surface area contributed by atoms with Gasteiger partial charge in [0.15, 0.2) is 0 Å². The maximum atomic E-state index is 10.1. The molecule has 0 bridgehead atoms. The van der Waals surface area contributed by atoms with Crippen molar-refractivity contribution in [3.63, 3.8) is 0 Å². The number of methoxy groups -OCH3 is 1. The monoisotopic (exact) mass is 338 g/mol. The van der Waals surface area contributed by atoms with Crippen molar-refractivity contribution in [3.8, 4) is 11.5 Å². The van der Waals surface area contributed by atoms with Crippen molar-refractivity contribution >= 4 is 15.9 Å². The molecule has 0 heterocycles. The lowest BCUT2D eigenvalue weighted by atomic mass is 9.66. The molecule has 0 aliphatic heterocycles. The highest BCUT2D eigenvalue weighted by atomic mass is 79.9. The second-order valence-electron chi connectivity index (χ2n) is 6.22. The zero-order chi connectivity index (χ0) is 14.9. The molecule has 0 amide bonds. The van der Waals surface area contributed by atoms with Gasteiger partial charge >= 0.3 is 0 Å². The predicted octanol–water partition coefficient (Wildman–Crippen LogP) is 4.70. The summed E-state index contributed by atoms with van der Waals surface area (Å²) in [6, 6.07) is 5.45. The third-order valence-electron chi connectivity index (χ3n) is 4.61. The van der Waals surface area contributed by atoms with Gasteiger partial charge in [-0.25, -0.2) is 0 Å². The number of hydrogen-bond acceptors (Lipinski definition) is 2. The van der Waals surface area contributed by atoms with Crippen LogP contribution in [0.4, 0.5) is 0 Å². The molecule has 2 nitrogen and oxygen atoms in total. The molecule has 1 aliphatic carbocycles. The number of allylic oxidation sites excluding steroid dienone is 2. The van der Waals surface area contributed by atoms with E-state index in [9.17, 15) is 5.11 Å². The molecular weight excluding hydrogens is 316 g/mol. The van der Waals surface area contributed by atoms with Crippen molar-refractivity contribution in [1.82, 2.24) is 0 Å². The molecule has 1 aromatic carbocycles. The van der Waals surface area contributed by atoms with Gasteiger partial charge in [-0.15, -0.1) is 0 Å². The minimum atomic E-state index is 0.161. The summed E-state index contributed by atoms with van der Waals surface area (Å²) in [5.74, 6) is 1.56. The fourth-order valence-electron chi connectivity index (χ4n) is 3.04. The third-order valence-corrected chi connectivity index (χ3v) is 6.17. The van der Waals surface area contributed by atoms with Crippen molar-refractivity contribution in [2.75, 3.05) is 7.11 Å². The zero-order valence-electron chi connectivity index (χ0n) is 12.6. The first-order valence-corrected chi connectivity index (χ1v) is 7.94.